The third kappa shape index (κ3) is 9.30. The van der Waals surface area contributed by atoms with E-state index in [1.165, 1.54) is 24.3 Å². The molecule has 180 valence electrons. The second kappa shape index (κ2) is 14.3. The molecule has 1 N–H and O–H groups in total. The maximum absolute atomic E-state index is 12.3. The second-order valence-electron chi connectivity index (χ2n) is 7.17. The maximum Gasteiger partial charge on any atom is 0.343 e. The number of hydrogen-bond donors (Lipinski definition) is 1. The maximum atomic E-state index is 12.3. The lowest BCUT2D eigenvalue weighted by molar-refractivity contribution is -0.137. The van der Waals surface area contributed by atoms with Crippen molar-refractivity contribution in [2.75, 3.05) is 19.8 Å². The molecular weight excluding hydrogens is 440 g/mol. The summed E-state index contributed by atoms with van der Waals surface area (Å²) < 4.78 is 21.0. The minimum absolute atomic E-state index is 0.0698. The summed E-state index contributed by atoms with van der Waals surface area (Å²) in [4.78, 5) is 34.8. The molecule has 0 fully saturated rings. The van der Waals surface area contributed by atoms with E-state index in [-0.39, 0.29) is 16.9 Å². The van der Waals surface area contributed by atoms with Gasteiger partial charge in [0.15, 0.2) is 0 Å². The monoisotopic (exact) mass is 468 g/mol. The molecule has 0 amide bonds. The Morgan fingerprint density at radius 2 is 1.35 bits per heavy atom. The van der Waals surface area contributed by atoms with Crippen LogP contribution in [0.4, 0.5) is 0 Å². The molecule has 0 atom stereocenters. The van der Waals surface area contributed by atoms with Crippen molar-refractivity contribution in [2.24, 2.45) is 0 Å². The lowest BCUT2D eigenvalue weighted by atomic mass is 10.2. The van der Waals surface area contributed by atoms with Crippen LogP contribution >= 0.6 is 0 Å². The van der Waals surface area contributed by atoms with Crippen LogP contribution in [0.2, 0.25) is 0 Å². The largest absolute Gasteiger partial charge is 0.494 e. The lowest BCUT2D eigenvalue weighted by Gasteiger charge is -2.09. The molecule has 0 aliphatic carbocycles. The SMILES string of the molecule is C=CC(=O)OCCCCCCOc1ccc(OC(=O)c2ccc(OC(=O)C(=C)CO)cc2)cc1. The molecule has 2 aromatic rings. The summed E-state index contributed by atoms with van der Waals surface area (Å²) in [5.74, 6) is -0.470. The average Bonchev–Trinajstić information content (AvgIpc) is 2.86. The fourth-order valence-corrected chi connectivity index (χ4v) is 2.65. The zero-order valence-corrected chi connectivity index (χ0v) is 18.9. The Bertz CT molecular complexity index is 977. The summed E-state index contributed by atoms with van der Waals surface area (Å²) in [5.41, 5.74) is 0.208. The van der Waals surface area contributed by atoms with Gasteiger partial charge in [-0.05, 0) is 74.2 Å². The Hall–Kier alpha value is -3.91. The van der Waals surface area contributed by atoms with Crippen molar-refractivity contribution < 1.29 is 38.4 Å². The van der Waals surface area contributed by atoms with Crippen LogP contribution in [0.25, 0.3) is 0 Å². The number of carbonyl (C=O) groups excluding carboxylic acids is 3. The number of unbranched alkanes of at least 4 members (excludes halogenated alkanes) is 3. The van der Waals surface area contributed by atoms with Crippen molar-refractivity contribution in [1.82, 2.24) is 0 Å². The molecule has 0 radical (unpaired) electrons. The van der Waals surface area contributed by atoms with Crippen molar-refractivity contribution in [3.8, 4) is 17.2 Å². The second-order valence-corrected chi connectivity index (χ2v) is 7.17. The summed E-state index contributed by atoms with van der Waals surface area (Å²) in [6, 6.07) is 12.5. The van der Waals surface area contributed by atoms with Crippen LogP contribution in [-0.2, 0) is 14.3 Å². The topological polar surface area (TPSA) is 108 Å². The molecule has 0 bridgehead atoms. The van der Waals surface area contributed by atoms with Gasteiger partial charge in [0.1, 0.15) is 17.2 Å². The van der Waals surface area contributed by atoms with E-state index in [1.54, 1.807) is 24.3 Å². The number of aliphatic hydroxyl groups is 1. The molecule has 0 aliphatic heterocycles. The summed E-state index contributed by atoms with van der Waals surface area (Å²) in [6.07, 6.45) is 4.70. The fourth-order valence-electron chi connectivity index (χ4n) is 2.65. The van der Waals surface area contributed by atoms with Gasteiger partial charge < -0.3 is 24.1 Å². The van der Waals surface area contributed by atoms with Crippen LogP contribution in [0.3, 0.4) is 0 Å². The van der Waals surface area contributed by atoms with E-state index < -0.39 is 24.5 Å². The minimum Gasteiger partial charge on any atom is -0.494 e. The molecule has 0 aliphatic rings. The molecule has 0 heterocycles. The van der Waals surface area contributed by atoms with Crippen molar-refractivity contribution in [2.45, 2.75) is 25.7 Å². The van der Waals surface area contributed by atoms with E-state index in [1.807, 2.05) is 0 Å². The van der Waals surface area contributed by atoms with Gasteiger partial charge in [0.2, 0.25) is 0 Å². The van der Waals surface area contributed by atoms with Gasteiger partial charge >= 0.3 is 17.9 Å². The highest BCUT2D eigenvalue weighted by atomic mass is 16.5. The van der Waals surface area contributed by atoms with E-state index in [2.05, 4.69) is 13.2 Å². The zero-order valence-electron chi connectivity index (χ0n) is 18.9. The summed E-state index contributed by atoms with van der Waals surface area (Å²) >= 11 is 0. The smallest absolute Gasteiger partial charge is 0.343 e. The van der Waals surface area contributed by atoms with Gasteiger partial charge in [-0.25, -0.2) is 14.4 Å². The lowest BCUT2D eigenvalue weighted by Crippen LogP contribution is -2.13. The van der Waals surface area contributed by atoms with E-state index in [4.69, 9.17) is 24.1 Å². The highest BCUT2D eigenvalue weighted by Gasteiger charge is 2.12. The van der Waals surface area contributed by atoms with Gasteiger partial charge in [-0.15, -0.1) is 0 Å². The first-order chi connectivity index (χ1) is 16.4. The first-order valence-corrected chi connectivity index (χ1v) is 10.8. The van der Waals surface area contributed by atoms with Crippen molar-refractivity contribution in [3.05, 3.63) is 78.9 Å². The minimum atomic E-state index is -0.744. The molecule has 8 heteroatoms. The molecule has 0 spiro atoms. The molecule has 2 rings (SSSR count). The summed E-state index contributed by atoms with van der Waals surface area (Å²) in [5, 5.41) is 8.88. The van der Waals surface area contributed by atoms with Crippen molar-refractivity contribution in [1.29, 1.82) is 0 Å². The Morgan fingerprint density at radius 3 is 1.97 bits per heavy atom. The fraction of sp³-hybridized carbons (Fsp3) is 0.269. The molecular formula is C26H28O8. The molecule has 0 aromatic heterocycles. The van der Waals surface area contributed by atoms with Gasteiger partial charge in [0.25, 0.3) is 0 Å². The highest BCUT2D eigenvalue weighted by molar-refractivity contribution is 5.92. The summed E-state index contributed by atoms with van der Waals surface area (Å²) in [7, 11) is 0. The van der Waals surface area contributed by atoms with Crippen LogP contribution in [0.15, 0.2) is 73.3 Å². The van der Waals surface area contributed by atoms with Gasteiger partial charge in [0.05, 0.1) is 31.0 Å². The summed E-state index contributed by atoms with van der Waals surface area (Å²) in [6.45, 7) is 7.17. The van der Waals surface area contributed by atoms with Crippen molar-refractivity contribution >= 4 is 17.9 Å². The third-order valence-electron chi connectivity index (χ3n) is 4.53. The third-order valence-corrected chi connectivity index (χ3v) is 4.53. The van der Waals surface area contributed by atoms with Crippen LogP contribution in [0.5, 0.6) is 17.2 Å². The number of rotatable bonds is 14. The molecule has 8 nitrogen and oxygen atoms in total. The quantitative estimate of drug-likeness (QED) is 0.192. The predicted molar refractivity (Wildman–Crippen MR) is 125 cm³/mol. The van der Waals surface area contributed by atoms with Crippen molar-refractivity contribution in [3.63, 3.8) is 0 Å². The van der Waals surface area contributed by atoms with E-state index in [9.17, 15) is 14.4 Å². The first kappa shape index (κ1) is 26.3. The molecule has 0 saturated carbocycles. The van der Waals surface area contributed by atoms with Gasteiger partial charge in [0, 0.05) is 6.08 Å². The molecule has 2 aromatic carbocycles. The van der Waals surface area contributed by atoms with Gasteiger partial charge in [-0.3, -0.25) is 0 Å². The number of ether oxygens (including phenoxy) is 4. The Labute approximate surface area is 198 Å². The predicted octanol–water partition coefficient (Wildman–Crippen LogP) is 4.03. The Balaban J connectivity index is 1.70. The standard InChI is InChI=1S/C26H28O8/c1-3-24(28)32-17-7-5-4-6-16-31-21-12-14-23(15-13-21)34-26(30)20-8-10-22(11-9-20)33-25(29)19(2)18-27/h3,8-15,27H,1-2,4-7,16-18H2. The Morgan fingerprint density at radius 1 is 0.794 bits per heavy atom. The normalized spacial score (nSPS) is 10.1. The van der Waals surface area contributed by atoms with E-state index in [0.717, 1.165) is 31.8 Å². The van der Waals surface area contributed by atoms with E-state index >= 15 is 0 Å². The first-order valence-electron chi connectivity index (χ1n) is 10.8. The Kier molecular flexibility index (Phi) is 11.1. The zero-order chi connectivity index (χ0) is 24.8. The van der Waals surface area contributed by atoms with Crippen LogP contribution in [0, 0.1) is 0 Å². The molecule has 0 unspecified atom stereocenters. The number of esters is 3. The van der Waals surface area contributed by atoms with Gasteiger partial charge in [-0.2, -0.15) is 0 Å². The van der Waals surface area contributed by atoms with Crippen LogP contribution in [0.1, 0.15) is 36.0 Å². The number of aliphatic hydroxyl groups excluding tert-OH is 1. The van der Waals surface area contributed by atoms with Crippen LogP contribution < -0.4 is 14.2 Å². The number of hydrogen-bond acceptors (Lipinski definition) is 8. The van der Waals surface area contributed by atoms with Crippen LogP contribution in [-0.4, -0.2) is 42.8 Å². The molecule has 34 heavy (non-hydrogen) atoms. The highest BCUT2D eigenvalue weighted by Crippen LogP contribution is 2.20. The molecule has 0 saturated heterocycles. The number of benzene rings is 2. The van der Waals surface area contributed by atoms with E-state index in [0.29, 0.717) is 24.7 Å². The van der Waals surface area contributed by atoms with Gasteiger partial charge in [-0.1, -0.05) is 13.2 Å². The number of carbonyl (C=O) groups is 3. The average molecular weight is 469 g/mol.